The second-order valence-corrected chi connectivity index (χ2v) is 3.97. The average molecular weight is 177 g/mol. The molecule has 0 heterocycles. The van der Waals surface area contributed by atoms with E-state index in [0.717, 1.165) is 6.42 Å². The highest BCUT2D eigenvalue weighted by Gasteiger charge is 2.21. The molecule has 1 aliphatic carbocycles. The molecule has 0 amide bonds. The van der Waals surface area contributed by atoms with Gasteiger partial charge >= 0.3 is 0 Å². The molecule has 3 unspecified atom stereocenters. The highest BCUT2D eigenvalue weighted by atomic mass is 32.2. The summed E-state index contributed by atoms with van der Waals surface area (Å²) in [6.45, 7) is 2.13. The number of hydrogen-bond donors (Lipinski definition) is 2. The molecule has 11 heavy (non-hydrogen) atoms. The van der Waals surface area contributed by atoms with Gasteiger partial charge in [0, 0.05) is 6.04 Å². The van der Waals surface area contributed by atoms with E-state index in [1.54, 1.807) is 0 Å². The van der Waals surface area contributed by atoms with Gasteiger partial charge in [0.05, 0.1) is 0 Å². The summed E-state index contributed by atoms with van der Waals surface area (Å²) >= 11 is -1.83. The van der Waals surface area contributed by atoms with Gasteiger partial charge in [-0.3, -0.25) is 4.55 Å². The van der Waals surface area contributed by atoms with Crippen LogP contribution in [0.15, 0.2) is 0 Å². The van der Waals surface area contributed by atoms with E-state index < -0.39 is 11.3 Å². The van der Waals surface area contributed by atoms with Crippen LogP contribution in [0.25, 0.3) is 0 Å². The molecule has 0 radical (unpaired) electrons. The van der Waals surface area contributed by atoms with Crippen molar-refractivity contribution in [1.29, 1.82) is 0 Å². The lowest BCUT2D eigenvalue weighted by Gasteiger charge is -2.27. The zero-order valence-corrected chi connectivity index (χ0v) is 7.56. The fraction of sp³-hybridized carbons (Fsp3) is 1.00. The summed E-state index contributed by atoms with van der Waals surface area (Å²) in [4.78, 5) is 0. The molecule has 2 N–H and O–H groups in total. The van der Waals surface area contributed by atoms with E-state index in [9.17, 15) is 4.21 Å². The molecule has 0 bridgehead atoms. The summed E-state index contributed by atoms with van der Waals surface area (Å²) in [5, 5.41) is 0. The van der Waals surface area contributed by atoms with Crippen molar-refractivity contribution < 1.29 is 8.76 Å². The predicted molar refractivity (Wildman–Crippen MR) is 45.3 cm³/mol. The molecule has 0 aromatic heterocycles. The minimum Gasteiger partial charge on any atom is -0.294 e. The molecular weight excluding hydrogens is 162 g/mol. The Morgan fingerprint density at radius 1 is 1.45 bits per heavy atom. The third-order valence-electron chi connectivity index (χ3n) is 2.36. The normalized spacial score (nSPS) is 35.1. The van der Waals surface area contributed by atoms with Gasteiger partial charge in [-0.25, -0.2) is 8.93 Å². The molecule has 0 aromatic rings. The molecule has 3 nitrogen and oxygen atoms in total. The molecule has 0 aromatic carbocycles. The van der Waals surface area contributed by atoms with E-state index >= 15 is 0 Å². The first-order valence-electron chi connectivity index (χ1n) is 4.07. The van der Waals surface area contributed by atoms with E-state index in [1.807, 2.05) is 0 Å². The van der Waals surface area contributed by atoms with Crippen LogP contribution >= 0.6 is 0 Å². The van der Waals surface area contributed by atoms with Gasteiger partial charge in [0.25, 0.3) is 0 Å². The van der Waals surface area contributed by atoms with E-state index in [0.29, 0.717) is 5.92 Å². The van der Waals surface area contributed by atoms with Crippen molar-refractivity contribution in [1.82, 2.24) is 4.72 Å². The summed E-state index contributed by atoms with van der Waals surface area (Å²) in [6.07, 6.45) is 4.65. The van der Waals surface area contributed by atoms with Crippen LogP contribution in [0, 0.1) is 5.92 Å². The van der Waals surface area contributed by atoms with E-state index in [2.05, 4.69) is 11.6 Å². The number of nitrogens with one attached hydrogen (secondary N) is 1. The Hall–Kier alpha value is 0.0700. The Balaban J connectivity index is 2.35. The zero-order chi connectivity index (χ0) is 8.27. The molecule has 1 fully saturated rings. The van der Waals surface area contributed by atoms with Gasteiger partial charge in [-0.15, -0.1) is 0 Å². The van der Waals surface area contributed by atoms with Crippen LogP contribution in [0.3, 0.4) is 0 Å². The number of rotatable bonds is 2. The third kappa shape index (κ3) is 2.89. The summed E-state index contributed by atoms with van der Waals surface area (Å²) in [5.41, 5.74) is 0. The van der Waals surface area contributed by atoms with Crippen LogP contribution in [0.5, 0.6) is 0 Å². The standard InChI is InChI=1S/C7H15NO2S/c1-6-4-2-3-5-7(6)8-11(9)10/h6-8H,2-5H2,1H3,(H,9,10). The second kappa shape index (κ2) is 4.18. The fourth-order valence-electron chi connectivity index (χ4n) is 1.62. The molecule has 0 saturated heterocycles. The Kier molecular flexibility index (Phi) is 3.48. The third-order valence-corrected chi connectivity index (χ3v) is 2.87. The second-order valence-electron chi connectivity index (χ2n) is 3.24. The Morgan fingerprint density at radius 3 is 2.64 bits per heavy atom. The summed E-state index contributed by atoms with van der Waals surface area (Å²) in [6, 6.07) is 0.245. The van der Waals surface area contributed by atoms with Crippen molar-refractivity contribution >= 4 is 11.3 Å². The SMILES string of the molecule is CC1CCCCC1NS(=O)O. The van der Waals surface area contributed by atoms with E-state index in [-0.39, 0.29) is 6.04 Å². The van der Waals surface area contributed by atoms with Crippen LogP contribution in [0.2, 0.25) is 0 Å². The molecule has 66 valence electrons. The first-order chi connectivity index (χ1) is 5.20. The zero-order valence-electron chi connectivity index (χ0n) is 6.75. The minimum atomic E-state index is -1.83. The van der Waals surface area contributed by atoms with Crippen LogP contribution in [0.4, 0.5) is 0 Å². The van der Waals surface area contributed by atoms with Gasteiger partial charge in [-0.05, 0) is 18.8 Å². The van der Waals surface area contributed by atoms with Crippen molar-refractivity contribution in [2.75, 3.05) is 0 Å². The molecule has 4 heteroatoms. The van der Waals surface area contributed by atoms with Gasteiger partial charge in [-0.1, -0.05) is 19.8 Å². The van der Waals surface area contributed by atoms with Gasteiger partial charge in [0.1, 0.15) is 0 Å². The van der Waals surface area contributed by atoms with Crippen LogP contribution < -0.4 is 4.72 Å². The molecule has 1 saturated carbocycles. The highest BCUT2D eigenvalue weighted by Crippen LogP contribution is 2.23. The number of hydrogen-bond acceptors (Lipinski definition) is 1. The summed E-state index contributed by atoms with van der Waals surface area (Å²) < 4.78 is 21.7. The van der Waals surface area contributed by atoms with Gasteiger partial charge < -0.3 is 0 Å². The predicted octanol–water partition coefficient (Wildman–Crippen LogP) is 1.29. The Bertz CT molecular complexity index is 151. The van der Waals surface area contributed by atoms with Crippen molar-refractivity contribution in [2.45, 2.75) is 38.6 Å². The summed E-state index contributed by atoms with van der Waals surface area (Å²) in [7, 11) is 0. The molecule has 1 rings (SSSR count). The lowest BCUT2D eigenvalue weighted by Crippen LogP contribution is -2.37. The lowest BCUT2D eigenvalue weighted by atomic mass is 9.87. The van der Waals surface area contributed by atoms with Crippen molar-refractivity contribution in [3.05, 3.63) is 0 Å². The van der Waals surface area contributed by atoms with Gasteiger partial charge in [-0.2, -0.15) is 0 Å². The van der Waals surface area contributed by atoms with Crippen LogP contribution in [0.1, 0.15) is 32.6 Å². The van der Waals surface area contributed by atoms with Crippen LogP contribution in [-0.2, 0) is 11.3 Å². The van der Waals surface area contributed by atoms with Crippen molar-refractivity contribution in [3.8, 4) is 0 Å². The quantitative estimate of drug-likeness (QED) is 0.624. The summed E-state index contributed by atoms with van der Waals surface area (Å²) in [5.74, 6) is 0.542. The lowest BCUT2D eigenvalue weighted by molar-refractivity contribution is 0.309. The smallest absolute Gasteiger partial charge is 0.231 e. The van der Waals surface area contributed by atoms with Crippen molar-refractivity contribution in [2.24, 2.45) is 5.92 Å². The average Bonchev–Trinajstić information content (AvgIpc) is 1.93. The molecule has 0 spiro atoms. The van der Waals surface area contributed by atoms with Crippen molar-refractivity contribution in [3.63, 3.8) is 0 Å². The molecule has 1 aliphatic rings. The Morgan fingerprint density at radius 2 is 2.09 bits per heavy atom. The largest absolute Gasteiger partial charge is 0.294 e. The highest BCUT2D eigenvalue weighted by molar-refractivity contribution is 7.77. The molecule has 3 atom stereocenters. The Labute approximate surface area is 70.0 Å². The minimum absolute atomic E-state index is 0.245. The maximum Gasteiger partial charge on any atom is 0.231 e. The fourth-order valence-corrected chi connectivity index (χ4v) is 2.23. The van der Waals surface area contributed by atoms with Gasteiger partial charge in [0.2, 0.25) is 11.3 Å². The van der Waals surface area contributed by atoms with Gasteiger partial charge in [0.15, 0.2) is 0 Å². The monoisotopic (exact) mass is 177 g/mol. The first kappa shape index (κ1) is 9.16. The molecule has 0 aliphatic heterocycles. The van der Waals surface area contributed by atoms with E-state index in [1.165, 1.54) is 19.3 Å². The molecular formula is C7H15NO2S. The first-order valence-corrected chi connectivity index (χ1v) is 5.18. The van der Waals surface area contributed by atoms with Crippen LogP contribution in [-0.4, -0.2) is 14.8 Å². The maximum absolute atomic E-state index is 10.4. The maximum atomic E-state index is 10.4. The van der Waals surface area contributed by atoms with E-state index in [4.69, 9.17) is 4.55 Å². The topological polar surface area (TPSA) is 49.3 Å².